The van der Waals surface area contributed by atoms with Crippen molar-refractivity contribution in [2.24, 2.45) is 0 Å². The molecule has 23 heavy (non-hydrogen) atoms. The van der Waals surface area contributed by atoms with Gasteiger partial charge in [-0.1, -0.05) is 32.6 Å². The monoisotopic (exact) mass is 361 g/mol. The van der Waals surface area contributed by atoms with Gasteiger partial charge in [-0.05, 0) is 6.42 Å². The van der Waals surface area contributed by atoms with E-state index in [4.69, 9.17) is 0 Å². The van der Waals surface area contributed by atoms with Crippen molar-refractivity contribution in [3.05, 3.63) is 0 Å². The van der Waals surface area contributed by atoms with E-state index in [1.54, 1.807) is 0 Å². The summed E-state index contributed by atoms with van der Waals surface area (Å²) in [7, 11) is 0. The largest absolute Gasteiger partial charge is 0.460 e. The fourth-order valence-corrected chi connectivity index (χ4v) is 1.56. The van der Waals surface area contributed by atoms with Crippen LogP contribution in [0.15, 0.2) is 0 Å². The fraction of sp³-hybridized carbons (Fsp3) is 0.917. The Morgan fingerprint density at radius 3 is 1.70 bits per heavy atom. The smallest absolute Gasteiger partial charge is 0.351 e. The molecule has 0 saturated carbocycles. The number of carbonyl (C=O) groups excluding carboxylic acids is 1. The van der Waals surface area contributed by atoms with Gasteiger partial charge in [0.05, 0.1) is 0 Å². The molecule has 138 valence electrons. The maximum Gasteiger partial charge on any atom is 0.460 e. The maximum absolute atomic E-state index is 13.1. The number of alkyl halides is 9. The summed E-state index contributed by atoms with van der Waals surface area (Å²) in [5, 5.41) is 1.26. The van der Waals surface area contributed by atoms with Crippen LogP contribution in [0.4, 0.5) is 39.5 Å². The molecule has 0 aliphatic rings. The van der Waals surface area contributed by atoms with E-state index in [0.29, 0.717) is 12.8 Å². The average molecular weight is 361 g/mol. The summed E-state index contributed by atoms with van der Waals surface area (Å²) in [6.07, 6.45) is -4.05. The van der Waals surface area contributed by atoms with Crippen molar-refractivity contribution in [1.29, 1.82) is 0 Å². The van der Waals surface area contributed by atoms with E-state index < -0.39 is 36.4 Å². The predicted octanol–water partition coefficient (Wildman–Crippen LogP) is 4.54. The summed E-state index contributed by atoms with van der Waals surface area (Å²) in [4.78, 5) is 10.9. The topological polar surface area (TPSA) is 29.1 Å². The van der Waals surface area contributed by atoms with E-state index in [0.717, 1.165) is 12.8 Å². The Labute approximate surface area is 126 Å². The Balaban J connectivity index is 4.85. The molecule has 1 amide bonds. The van der Waals surface area contributed by atoms with Gasteiger partial charge in [-0.25, -0.2) is 0 Å². The average Bonchev–Trinajstić information content (AvgIpc) is 2.40. The number of rotatable bonds is 9. The third-order valence-electron chi connectivity index (χ3n) is 3.00. The molecule has 0 saturated heterocycles. The third-order valence-corrected chi connectivity index (χ3v) is 3.00. The third kappa shape index (κ3) is 4.66. The van der Waals surface area contributed by atoms with Gasteiger partial charge in [-0.15, -0.1) is 0 Å². The molecule has 0 aliphatic heterocycles. The molecular weight excluding hydrogens is 345 g/mol. The molecule has 0 bridgehead atoms. The van der Waals surface area contributed by atoms with Gasteiger partial charge in [-0.3, -0.25) is 4.79 Å². The quantitative estimate of drug-likeness (QED) is 0.474. The Morgan fingerprint density at radius 2 is 1.26 bits per heavy atom. The van der Waals surface area contributed by atoms with Crippen LogP contribution >= 0.6 is 0 Å². The standard InChI is InChI=1S/C12H16F9NO/c1-2-3-4-5-6-7-22-8(23)9(13,14)10(15,16)11(17,18)12(19,20)21/h2-7H2,1H3,(H,22,23). The highest BCUT2D eigenvalue weighted by Gasteiger charge is 2.83. The van der Waals surface area contributed by atoms with Crippen LogP contribution in [-0.2, 0) is 4.79 Å². The number of hydrogen-bond acceptors (Lipinski definition) is 1. The van der Waals surface area contributed by atoms with Gasteiger partial charge >= 0.3 is 23.9 Å². The Hall–Kier alpha value is -1.16. The van der Waals surface area contributed by atoms with Crippen LogP contribution in [0.5, 0.6) is 0 Å². The molecule has 2 nitrogen and oxygen atoms in total. The van der Waals surface area contributed by atoms with Gasteiger partial charge in [0.15, 0.2) is 0 Å². The number of amides is 1. The zero-order valence-corrected chi connectivity index (χ0v) is 12.1. The SMILES string of the molecule is CCCCCCCNC(=O)C(F)(F)C(F)(F)C(F)(F)C(F)(F)F. The van der Waals surface area contributed by atoms with E-state index >= 15 is 0 Å². The Morgan fingerprint density at radius 1 is 0.783 bits per heavy atom. The molecule has 0 aromatic carbocycles. The second kappa shape index (κ2) is 7.61. The fourth-order valence-electron chi connectivity index (χ4n) is 1.56. The molecule has 0 fully saturated rings. The van der Waals surface area contributed by atoms with Crippen molar-refractivity contribution in [3.63, 3.8) is 0 Å². The molecule has 0 rings (SSSR count). The van der Waals surface area contributed by atoms with Crippen LogP contribution in [-0.4, -0.2) is 36.4 Å². The minimum atomic E-state index is -7.05. The number of unbranched alkanes of at least 4 members (excludes halogenated alkanes) is 4. The number of nitrogens with one attached hydrogen (secondary N) is 1. The lowest BCUT2D eigenvalue weighted by atomic mass is 10.0. The van der Waals surface area contributed by atoms with Crippen molar-refractivity contribution < 1.29 is 44.3 Å². The molecule has 0 heterocycles. The molecule has 0 spiro atoms. The highest BCUT2D eigenvalue weighted by atomic mass is 19.4. The van der Waals surface area contributed by atoms with Crippen LogP contribution in [0.1, 0.15) is 39.0 Å². The van der Waals surface area contributed by atoms with E-state index in [-0.39, 0.29) is 6.42 Å². The van der Waals surface area contributed by atoms with Crippen molar-refractivity contribution in [2.45, 2.75) is 63.0 Å². The highest BCUT2D eigenvalue weighted by molar-refractivity contribution is 5.84. The molecule has 0 atom stereocenters. The zero-order valence-electron chi connectivity index (χ0n) is 12.1. The lowest BCUT2D eigenvalue weighted by molar-refractivity contribution is -0.388. The molecular formula is C12H16F9NO. The van der Waals surface area contributed by atoms with E-state index in [1.165, 1.54) is 5.32 Å². The molecule has 1 N–H and O–H groups in total. The summed E-state index contributed by atoms with van der Waals surface area (Å²) in [5.74, 6) is -23.1. The van der Waals surface area contributed by atoms with Crippen LogP contribution < -0.4 is 5.32 Å². The maximum atomic E-state index is 13.1. The second-order valence-electron chi connectivity index (χ2n) is 4.89. The predicted molar refractivity (Wildman–Crippen MR) is 62.7 cm³/mol. The van der Waals surface area contributed by atoms with E-state index in [9.17, 15) is 44.3 Å². The summed E-state index contributed by atoms with van der Waals surface area (Å²) >= 11 is 0. The summed E-state index contributed by atoms with van der Waals surface area (Å²) in [6.45, 7) is 1.34. The van der Waals surface area contributed by atoms with Gasteiger partial charge in [0.1, 0.15) is 0 Å². The minimum absolute atomic E-state index is 0.100. The molecule has 0 aromatic rings. The molecule has 11 heteroatoms. The van der Waals surface area contributed by atoms with Crippen molar-refractivity contribution in [1.82, 2.24) is 5.32 Å². The van der Waals surface area contributed by atoms with E-state index in [2.05, 4.69) is 0 Å². The molecule has 0 aliphatic carbocycles. The Kier molecular flexibility index (Phi) is 7.22. The lowest BCUT2D eigenvalue weighted by Crippen LogP contribution is -2.65. The van der Waals surface area contributed by atoms with Crippen LogP contribution in [0.2, 0.25) is 0 Å². The first-order chi connectivity index (χ1) is 10.2. The molecule has 0 aromatic heterocycles. The van der Waals surface area contributed by atoms with Gasteiger partial charge < -0.3 is 5.32 Å². The normalized spacial score (nSPS) is 14.0. The number of hydrogen-bond donors (Lipinski definition) is 1. The summed E-state index contributed by atoms with van der Waals surface area (Å²) in [5.41, 5.74) is 0. The van der Waals surface area contributed by atoms with Gasteiger partial charge in [-0.2, -0.15) is 39.5 Å². The first kappa shape index (κ1) is 21.8. The highest BCUT2D eigenvalue weighted by Crippen LogP contribution is 2.53. The molecule has 0 unspecified atom stereocenters. The van der Waals surface area contributed by atoms with Gasteiger partial charge in [0, 0.05) is 6.54 Å². The second-order valence-corrected chi connectivity index (χ2v) is 4.89. The first-order valence-corrected chi connectivity index (χ1v) is 6.72. The number of halogens is 9. The lowest BCUT2D eigenvalue weighted by Gasteiger charge is -2.32. The Bertz CT molecular complexity index is 392. The van der Waals surface area contributed by atoms with Crippen LogP contribution in [0, 0.1) is 0 Å². The van der Waals surface area contributed by atoms with Crippen LogP contribution in [0.25, 0.3) is 0 Å². The number of carbonyl (C=O) groups is 1. The van der Waals surface area contributed by atoms with Crippen LogP contribution in [0.3, 0.4) is 0 Å². The summed E-state index contributed by atoms with van der Waals surface area (Å²) < 4.78 is 113. The zero-order chi connectivity index (χ0) is 18.5. The van der Waals surface area contributed by atoms with E-state index in [1.807, 2.05) is 6.92 Å². The van der Waals surface area contributed by atoms with Gasteiger partial charge in [0.2, 0.25) is 0 Å². The minimum Gasteiger partial charge on any atom is -0.351 e. The molecule has 0 radical (unpaired) electrons. The van der Waals surface area contributed by atoms with Crippen molar-refractivity contribution in [2.75, 3.05) is 6.54 Å². The first-order valence-electron chi connectivity index (χ1n) is 6.72. The van der Waals surface area contributed by atoms with Crippen molar-refractivity contribution in [3.8, 4) is 0 Å². The van der Waals surface area contributed by atoms with Gasteiger partial charge in [0.25, 0.3) is 5.91 Å². The summed E-state index contributed by atoms with van der Waals surface area (Å²) in [6, 6.07) is 0. The van der Waals surface area contributed by atoms with Crippen molar-refractivity contribution >= 4 is 5.91 Å².